The molecule has 0 aliphatic rings. The number of aromatic nitrogens is 2. The molecule has 0 spiro atoms. The Balaban J connectivity index is 2.24. The van der Waals surface area contributed by atoms with Crippen molar-refractivity contribution < 1.29 is 0 Å². The number of nitrogens with zero attached hydrogens (tertiary/aromatic N) is 2. The van der Waals surface area contributed by atoms with Crippen molar-refractivity contribution >= 4 is 17.5 Å². The summed E-state index contributed by atoms with van der Waals surface area (Å²) in [5.74, 6) is 1.45. The fourth-order valence-electron chi connectivity index (χ4n) is 1.61. The van der Waals surface area contributed by atoms with Gasteiger partial charge < -0.3 is 10.6 Å². The zero-order chi connectivity index (χ0) is 12.3. The molecule has 17 heavy (non-hydrogen) atoms. The van der Waals surface area contributed by atoms with Gasteiger partial charge in [-0.05, 0) is 31.5 Å². The maximum atomic E-state index is 4.38. The highest BCUT2D eigenvalue weighted by atomic mass is 15.1. The molecule has 0 radical (unpaired) electrons. The number of rotatable bonds is 3. The minimum atomic E-state index is 0.602. The van der Waals surface area contributed by atoms with E-state index in [0.29, 0.717) is 5.95 Å². The van der Waals surface area contributed by atoms with Crippen molar-refractivity contribution in [2.24, 2.45) is 0 Å². The molecule has 0 amide bonds. The summed E-state index contributed by atoms with van der Waals surface area (Å²) in [5, 5.41) is 6.23. The van der Waals surface area contributed by atoms with Crippen molar-refractivity contribution in [2.45, 2.75) is 13.8 Å². The van der Waals surface area contributed by atoms with E-state index < -0.39 is 0 Å². The highest BCUT2D eigenvalue weighted by Gasteiger charge is 2.02. The molecule has 1 heterocycles. The van der Waals surface area contributed by atoms with Crippen molar-refractivity contribution in [3.05, 3.63) is 41.6 Å². The molecule has 0 bridgehead atoms. The third-order valence-corrected chi connectivity index (χ3v) is 2.48. The van der Waals surface area contributed by atoms with Crippen LogP contribution in [0.5, 0.6) is 0 Å². The van der Waals surface area contributed by atoms with Gasteiger partial charge in [0, 0.05) is 24.5 Å². The Morgan fingerprint density at radius 1 is 1.18 bits per heavy atom. The summed E-state index contributed by atoms with van der Waals surface area (Å²) >= 11 is 0. The normalized spacial score (nSPS) is 10.1. The van der Waals surface area contributed by atoms with Crippen molar-refractivity contribution in [3.63, 3.8) is 0 Å². The molecule has 4 heteroatoms. The lowest BCUT2D eigenvalue weighted by Crippen LogP contribution is -2.02. The first-order valence-corrected chi connectivity index (χ1v) is 5.54. The maximum absolute atomic E-state index is 4.38. The summed E-state index contributed by atoms with van der Waals surface area (Å²) in [6, 6.07) is 8.11. The van der Waals surface area contributed by atoms with Crippen molar-refractivity contribution in [1.82, 2.24) is 9.97 Å². The monoisotopic (exact) mass is 228 g/mol. The molecule has 0 aliphatic carbocycles. The van der Waals surface area contributed by atoms with Gasteiger partial charge in [-0.2, -0.15) is 4.98 Å². The Morgan fingerprint density at radius 2 is 2.00 bits per heavy atom. The zero-order valence-corrected chi connectivity index (χ0v) is 10.3. The van der Waals surface area contributed by atoms with Crippen molar-refractivity contribution in [1.29, 1.82) is 0 Å². The Labute approximate surface area is 101 Å². The molecule has 2 aromatic rings. The molecule has 0 atom stereocenters. The number of hydrogen-bond donors (Lipinski definition) is 2. The molecular weight excluding hydrogens is 212 g/mol. The van der Waals surface area contributed by atoms with Crippen LogP contribution in [0.2, 0.25) is 0 Å². The second-order valence-electron chi connectivity index (χ2n) is 3.97. The third-order valence-electron chi connectivity index (χ3n) is 2.48. The largest absolute Gasteiger partial charge is 0.373 e. The number of benzene rings is 1. The van der Waals surface area contributed by atoms with Gasteiger partial charge in [0.1, 0.15) is 5.82 Å². The smallest absolute Gasteiger partial charge is 0.229 e. The van der Waals surface area contributed by atoms with Crippen LogP contribution in [0.4, 0.5) is 17.5 Å². The molecule has 0 aliphatic heterocycles. The van der Waals surface area contributed by atoms with Crippen LogP contribution in [0.1, 0.15) is 11.1 Å². The third kappa shape index (κ3) is 2.72. The highest BCUT2D eigenvalue weighted by molar-refractivity contribution is 5.56. The molecule has 1 aromatic carbocycles. The first kappa shape index (κ1) is 11.4. The van der Waals surface area contributed by atoms with Crippen LogP contribution < -0.4 is 10.6 Å². The van der Waals surface area contributed by atoms with Crippen molar-refractivity contribution in [3.8, 4) is 0 Å². The first-order chi connectivity index (χ1) is 8.19. The van der Waals surface area contributed by atoms with Gasteiger partial charge in [-0.15, -0.1) is 0 Å². The van der Waals surface area contributed by atoms with Crippen LogP contribution >= 0.6 is 0 Å². The predicted molar refractivity (Wildman–Crippen MR) is 70.8 cm³/mol. The van der Waals surface area contributed by atoms with Gasteiger partial charge in [-0.25, -0.2) is 4.98 Å². The second kappa shape index (κ2) is 4.82. The Hall–Kier alpha value is -2.10. The lowest BCUT2D eigenvalue weighted by atomic mass is 10.2. The summed E-state index contributed by atoms with van der Waals surface area (Å²) in [7, 11) is 1.85. The minimum absolute atomic E-state index is 0.602. The summed E-state index contributed by atoms with van der Waals surface area (Å²) in [6.07, 6.45) is 1.80. The topological polar surface area (TPSA) is 49.8 Å². The Bertz CT molecular complexity index is 523. The number of hydrogen-bond acceptors (Lipinski definition) is 4. The second-order valence-corrected chi connectivity index (χ2v) is 3.97. The van der Waals surface area contributed by atoms with Crippen LogP contribution in [0.3, 0.4) is 0 Å². The molecule has 4 nitrogen and oxygen atoms in total. The summed E-state index contributed by atoms with van der Waals surface area (Å²) in [5.41, 5.74) is 3.23. The number of anilines is 3. The molecule has 2 rings (SSSR count). The summed E-state index contributed by atoms with van der Waals surface area (Å²) < 4.78 is 0. The molecule has 88 valence electrons. The molecule has 0 saturated carbocycles. The van der Waals surface area contributed by atoms with E-state index in [1.165, 1.54) is 5.56 Å². The lowest BCUT2D eigenvalue weighted by molar-refractivity contribution is 1.12. The minimum Gasteiger partial charge on any atom is -0.373 e. The summed E-state index contributed by atoms with van der Waals surface area (Å²) in [4.78, 5) is 8.63. The van der Waals surface area contributed by atoms with Crippen LogP contribution in [-0.2, 0) is 0 Å². The fourth-order valence-corrected chi connectivity index (χ4v) is 1.61. The average molecular weight is 228 g/mol. The maximum Gasteiger partial charge on any atom is 0.229 e. The SMILES string of the molecule is CNc1nc(Nc2cccc(C)c2)ncc1C. The van der Waals surface area contributed by atoms with E-state index in [4.69, 9.17) is 0 Å². The standard InChI is InChI=1S/C13H16N4/c1-9-5-4-6-11(7-9)16-13-15-8-10(2)12(14-3)17-13/h4-8H,1-3H3,(H2,14,15,16,17). The quantitative estimate of drug-likeness (QED) is 0.848. The number of aryl methyl sites for hydroxylation is 2. The van der Waals surface area contributed by atoms with Gasteiger partial charge >= 0.3 is 0 Å². The zero-order valence-electron chi connectivity index (χ0n) is 10.3. The first-order valence-electron chi connectivity index (χ1n) is 5.54. The van der Waals surface area contributed by atoms with Crippen molar-refractivity contribution in [2.75, 3.05) is 17.7 Å². The molecule has 0 fully saturated rings. The van der Waals surface area contributed by atoms with Gasteiger partial charge in [0.15, 0.2) is 0 Å². The molecule has 1 aromatic heterocycles. The van der Waals surface area contributed by atoms with Gasteiger partial charge in [0.2, 0.25) is 5.95 Å². The van der Waals surface area contributed by atoms with Crippen LogP contribution in [0.25, 0.3) is 0 Å². The predicted octanol–water partition coefficient (Wildman–Crippen LogP) is 2.88. The molecule has 2 N–H and O–H groups in total. The van der Waals surface area contributed by atoms with Crippen LogP contribution in [0, 0.1) is 13.8 Å². The fraction of sp³-hybridized carbons (Fsp3) is 0.231. The summed E-state index contributed by atoms with van der Waals surface area (Å²) in [6.45, 7) is 4.03. The Kier molecular flexibility index (Phi) is 3.23. The highest BCUT2D eigenvalue weighted by Crippen LogP contribution is 2.17. The van der Waals surface area contributed by atoms with Gasteiger partial charge in [-0.3, -0.25) is 0 Å². The molecule has 0 unspecified atom stereocenters. The van der Waals surface area contributed by atoms with E-state index in [-0.39, 0.29) is 0 Å². The van der Waals surface area contributed by atoms with Crippen LogP contribution in [0.15, 0.2) is 30.5 Å². The number of nitrogens with one attached hydrogen (secondary N) is 2. The van der Waals surface area contributed by atoms with Crippen LogP contribution in [-0.4, -0.2) is 17.0 Å². The lowest BCUT2D eigenvalue weighted by Gasteiger charge is -2.08. The van der Waals surface area contributed by atoms with Gasteiger partial charge in [0.25, 0.3) is 0 Å². The van der Waals surface area contributed by atoms with E-state index >= 15 is 0 Å². The van der Waals surface area contributed by atoms with Gasteiger partial charge in [0.05, 0.1) is 0 Å². The molecular formula is C13H16N4. The van der Waals surface area contributed by atoms with E-state index in [9.17, 15) is 0 Å². The van der Waals surface area contributed by atoms with E-state index in [1.807, 2.05) is 26.1 Å². The van der Waals surface area contributed by atoms with E-state index in [2.05, 4.69) is 39.7 Å². The van der Waals surface area contributed by atoms with E-state index in [0.717, 1.165) is 17.1 Å². The molecule has 0 saturated heterocycles. The Morgan fingerprint density at radius 3 is 2.71 bits per heavy atom. The van der Waals surface area contributed by atoms with Gasteiger partial charge in [-0.1, -0.05) is 12.1 Å². The average Bonchev–Trinajstić information content (AvgIpc) is 2.32. The van der Waals surface area contributed by atoms with E-state index in [1.54, 1.807) is 6.20 Å².